The second-order valence-corrected chi connectivity index (χ2v) is 10.7. The summed E-state index contributed by atoms with van der Waals surface area (Å²) in [7, 11) is -0.391. The van der Waals surface area contributed by atoms with Crippen LogP contribution in [0.4, 0.5) is 5.69 Å². The van der Waals surface area contributed by atoms with Crippen molar-refractivity contribution in [2.45, 2.75) is 25.0 Å². The first-order chi connectivity index (χ1) is 17.1. The van der Waals surface area contributed by atoms with E-state index in [9.17, 15) is 18.6 Å². The number of aliphatic hydroxyl groups excluding tert-OH is 1. The maximum atomic E-state index is 11.5. The molecule has 0 fully saturated rings. The van der Waals surface area contributed by atoms with Gasteiger partial charge in [0.15, 0.2) is 11.5 Å². The van der Waals surface area contributed by atoms with Crippen molar-refractivity contribution in [2.24, 2.45) is 0 Å². The highest BCUT2D eigenvalue weighted by molar-refractivity contribution is 7.92. The topological polar surface area (TPSA) is 117 Å². The number of anilines is 1. The minimum atomic E-state index is -3.55. The second-order valence-electron chi connectivity index (χ2n) is 8.49. The zero-order chi connectivity index (χ0) is 26.3. The van der Waals surface area contributed by atoms with E-state index < -0.39 is 16.1 Å². The molecule has 4 N–H and O–H groups in total. The van der Waals surface area contributed by atoms with E-state index in [0.29, 0.717) is 28.5 Å². The summed E-state index contributed by atoms with van der Waals surface area (Å²) in [4.78, 5) is 0. The van der Waals surface area contributed by atoms with Crippen LogP contribution in [0.15, 0.2) is 60.7 Å². The van der Waals surface area contributed by atoms with Crippen molar-refractivity contribution in [2.75, 3.05) is 31.7 Å². The van der Waals surface area contributed by atoms with Gasteiger partial charge in [0.2, 0.25) is 10.0 Å². The van der Waals surface area contributed by atoms with Gasteiger partial charge in [0.05, 0.1) is 32.3 Å². The van der Waals surface area contributed by atoms with Crippen LogP contribution in [-0.2, 0) is 22.9 Å². The highest BCUT2D eigenvalue weighted by atomic mass is 35.5. The van der Waals surface area contributed by atoms with Crippen molar-refractivity contribution in [3.05, 3.63) is 82.4 Å². The van der Waals surface area contributed by atoms with E-state index in [1.54, 1.807) is 20.3 Å². The highest BCUT2D eigenvalue weighted by Crippen LogP contribution is 2.31. The lowest BCUT2D eigenvalue weighted by Gasteiger charge is -2.23. The van der Waals surface area contributed by atoms with Gasteiger partial charge in [-0.25, -0.2) is 8.42 Å². The van der Waals surface area contributed by atoms with Gasteiger partial charge in [0, 0.05) is 17.6 Å². The molecule has 3 rings (SSSR count). The van der Waals surface area contributed by atoms with Crippen LogP contribution in [0.5, 0.6) is 17.2 Å². The summed E-state index contributed by atoms with van der Waals surface area (Å²) in [6.07, 6.45) is 1.13. The maximum Gasteiger partial charge on any atom is 0.229 e. The first kappa shape index (κ1) is 27.6. The van der Waals surface area contributed by atoms with E-state index in [1.165, 1.54) is 12.1 Å². The van der Waals surface area contributed by atoms with Crippen LogP contribution in [0.1, 0.15) is 22.7 Å². The Morgan fingerprint density at radius 2 is 1.58 bits per heavy atom. The Labute approximate surface area is 216 Å². The van der Waals surface area contributed by atoms with Crippen LogP contribution in [0.25, 0.3) is 0 Å². The van der Waals surface area contributed by atoms with E-state index in [2.05, 4.69) is 10.0 Å². The van der Waals surface area contributed by atoms with Crippen molar-refractivity contribution < 1.29 is 28.1 Å². The smallest absolute Gasteiger partial charge is 0.229 e. The number of sulfonamides is 1. The van der Waals surface area contributed by atoms with E-state index in [4.69, 9.17) is 21.1 Å². The largest absolute Gasteiger partial charge is 0.506 e. The lowest BCUT2D eigenvalue weighted by molar-refractivity contribution is 0.167. The molecule has 8 nitrogen and oxygen atoms in total. The van der Waals surface area contributed by atoms with Gasteiger partial charge in [0.1, 0.15) is 5.75 Å². The van der Waals surface area contributed by atoms with Gasteiger partial charge in [-0.15, -0.1) is 0 Å². The number of hydrogen-bond donors (Lipinski definition) is 4. The number of methoxy groups -OCH3 is 2. The molecule has 0 saturated heterocycles. The first-order valence-corrected chi connectivity index (χ1v) is 13.5. The summed E-state index contributed by atoms with van der Waals surface area (Å²) in [5, 5.41) is 24.8. The molecule has 0 aliphatic heterocycles. The summed E-state index contributed by atoms with van der Waals surface area (Å²) >= 11 is 6.04. The molecule has 0 amide bonds. The van der Waals surface area contributed by atoms with Crippen molar-refractivity contribution >= 4 is 27.3 Å². The van der Waals surface area contributed by atoms with Crippen LogP contribution in [0.3, 0.4) is 0 Å². The molecule has 10 heteroatoms. The molecule has 2 atom stereocenters. The average Bonchev–Trinajstić information content (AvgIpc) is 2.83. The van der Waals surface area contributed by atoms with Gasteiger partial charge < -0.3 is 25.0 Å². The molecule has 0 spiro atoms. The Kier molecular flexibility index (Phi) is 9.44. The van der Waals surface area contributed by atoms with Crippen LogP contribution in [0.2, 0.25) is 5.02 Å². The molecular formula is C26H31ClN2O6S. The van der Waals surface area contributed by atoms with Gasteiger partial charge in [-0.2, -0.15) is 0 Å². The van der Waals surface area contributed by atoms with Crippen LogP contribution >= 0.6 is 11.6 Å². The number of aromatic hydroxyl groups is 1. The number of rotatable bonds is 12. The third-order valence-electron chi connectivity index (χ3n) is 5.59. The molecule has 0 heterocycles. The normalized spacial score (nSPS) is 13.1. The maximum absolute atomic E-state index is 11.5. The zero-order valence-corrected chi connectivity index (χ0v) is 21.9. The third-order valence-corrected chi connectivity index (χ3v) is 6.43. The fourth-order valence-electron chi connectivity index (χ4n) is 3.85. The number of aliphatic hydroxyl groups is 1. The Balaban J connectivity index is 1.76. The first-order valence-electron chi connectivity index (χ1n) is 11.3. The molecule has 0 radical (unpaired) electrons. The molecule has 2 unspecified atom stereocenters. The van der Waals surface area contributed by atoms with E-state index in [1.807, 2.05) is 42.5 Å². The van der Waals surface area contributed by atoms with E-state index in [0.717, 1.165) is 17.4 Å². The highest BCUT2D eigenvalue weighted by Gasteiger charge is 2.18. The molecule has 3 aromatic rings. The molecule has 36 heavy (non-hydrogen) atoms. The summed E-state index contributed by atoms with van der Waals surface area (Å²) in [6.45, 7) is 0.266. The number of benzene rings is 3. The molecule has 0 bridgehead atoms. The van der Waals surface area contributed by atoms with Gasteiger partial charge >= 0.3 is 0 Å². The van der Waals surface area contributed by atoms with Crippen LogP contribution in [-0.4, -0.2) is 51.8 Å². The monoisotopic (exact) mass is 534 g/mol. The number of nitrogens with one attached hydrogen (secondary N) is 2. The fourth-order valence-corrected chi connectivity index (χ4v) is 4.54. The minimum Gasteiger partial charge on any atom is -0.506 e. The van der Waals surface area contributed by atoms with Gasteiger partial charge in [0.25, 0.3) is 0 Å². The number of phenols is 1. The molecular weight excluding hydrogens is 504 g/mol. The van der Waals surface area contributed by atoms with E-state index in [-0.39, 0.29) is 30.4 Å². The van der Waals surface area contributed by atoms with Crippen molar-refractivity contribution in [1.29, 1.82) is 0 Å². The molecule has 0 aliphatic rings. The van der Waals surface area contributed by atoms with Gasteiger partial charge in [-0.3, -0.25) is 4.72 Å². The molecule has 194 valence electrons. The number of phenolic OH excluding ortho intramolecular Hbond substituents is 1. The SMILES string of the molecule is COc1ccc(C(Cc2ccc(Cl)cc2)NCC(O)Cc2ccc(O)c(NS(C)(=O)=O)c2)cc1OC. The molecule has 0 saturated carbocycles. The minimum absolute atomic E-state index is 0.0705. The van der Waals surface area contributed by atoms with Gasteiger partial charge in [-0.1, -0.05) is 35.9 Å². The Morgan fingerprint density at radius 3 is 2.22 bits per heavy atom. The Morgan fingerprint density at radius 1 is 0.917 bits per heavy atom. The molecule has 0 aromatic heterocycles. The summed E-state index contributed by atoms with van der Waals surface area (Å²) in [5.41, 5.74) is 2.77. The number of ether oxygens (including phenoxy) is 2. The second kappa shape index (κ2) is 12.3. The Bertz CT molecular complexity index is 1270. The lowest BCUT2D eigenvalue weighted by atomic mass is 9.97. The quantitative estimate of drug-likeness (QED) is 0.260. The number of halogens is 1. The van der Waals surface area contributed by atoms with Crippen LogP contribution < -0.4 is 19.5 Å². The predicted molar refractivity (Wildman–Crippen MR) is 142 cm³/mol. The van der Waals surface area contributed by atoms with Crippen molar-refractivity contribution in [3.8, 4) is 17.2 Å². The average molecular weight is 535 g/mol. The van der Waals surface area contributed by atoms with Crippen LogP contribution in [0, 0.1) is 0 Å². The lowest BCUT2D eigenvalue weighted by Crippen LogP contribution is -2.32. The fraction of sp³-hybridized carbons (Fsp3) is 0.308. The summed E-state index contributed by atoms with van der Waals surface area (Å²) < 4.78 is 36.2. The Hall–Kier alpha value is -2.98. The predicted octanol–water partition coefficient (Wildman–Crippen LogP) is 3.91. The third kappa shape index (κ3) is 8.03. The van der Waals surface area contributed by atoms with Gasteiger partial charge in [-0.05, 0) is 65.9 Å². The molecule has 0 aliphatic carbocycles. The molecule has 3 aromatic carbocycles. The zero-order valence-electron chi connectivity index (χ0n) is 20.4. The van der Waals surface area contributed by atoms with Crippen molar-refractivity contribution in [1.82, 2.24) is 5.32 Å². The van der Waals surface area contributed by atoms with E-state index >= 15 is 0 Å². The summed E-state index contributed by atoms with van der Waals surface area (Å²) in [6, 6.07) is 17.7. The summed E-state index contributed by atoms with van der Waals surface area (Å²) in [5.74, 6) is 1.04. The standard InChI is InChI=1S/C26H31ClN2O6S/c1-34-25-11-7-19(15-26(25)35-2)22(13-17-4-8-20(27)9-5-17)28-16-21(30)12-18-6-10-24(31)23(14-18)29-36(3,32)33/h4-11,14-15,21-22,28-31H,12-13,16H2,1-3H3. The number of hydrogen-bond acceptors (Lipinski definition) is 7. The van der Waals surface area contributed by atoms with Crippen molar-refractivity contribution in [3.63, 3.8) is 0 Å².